The van der Waals surface area contributed by atoms with Gasteiger partial charge in [-0.05, 0) is 73.4 Å². The molecule has 0 unspecified atom stereocenters. The van der Waals surface area contributed by atoms with Crippen LogP contribution in [0.25, 0.3) is 11.6 Å². The van der Waals surface area contributed by atoms with Crippen molar-refractivity contribution in [2.75, 3.05) is 19.3 Å². The van der Waals surface area contributed by atoms with Crippen LogP contribution >= 0.6 is 11.6 Å². The lowest BCUT2D eigenvalue weighted by atomic mass is 9.97. The van der Waals surface area contributed by atoms with Crippen LogP contribution in [0.5, 0.6) is 11.5 Å². The zero-order valence-corrected chi connectivity index (χ0v) is 17.8. The smallest absolute Gasteiger partial charge is 0.282 e. The molecule has 156 valence electrons. The highest BCUT2D eigenvalue weighted by molar-refractivity contribution is 6.36. The highest BCUT2D eigenvalue weighted by Gasteiger charge is 2.41. The number of carbonyl (C=O) groups excluding carboxylic acids is 1. The number of anilines is 1. The zero-order chi connectivity index (χ0) is 20.8. The molecule has 0 radical (unpaired) electrons. The molecule has 2 aliphatic carbocycles. The molecule has 3 atom stereocenters. The molecule has 0 spiro atoms. The van der Waals surface area contributed by atoms with E-state index < -0.39 is 0 Å². The molecule has 0 aromatic heterocycles. The average Bonchev–Trinajstić information content (AvgIpc) is 3.42. The Morgan fingerprint density at radius 1 is 1.07 bits per heavy atom. The van der Waals surface area contributed by atoms with Crippen molar-refractivity contribution >= 4 is 34.8 Å². The van der Waals surface area contributed by atoms with E-state index in [0.29, 0.717) is 28.0 Å². The predicted molar refractivity (Wildman–Crippen MR) is 117 cm³/mol. The molecule has 5 nitrogen and oxygen atoms in total. The number of hydroxylamine groups is 1. The number of rotatable bonds is 5. The van der Waals surface area contributed by atoms with Gasteiger partial charge in [0.05, 0.1) is 25.5 Å². The van der Waals surface area contributed by atoms with Crippen LogP contribution in [-0.4, -0.2) is 26.2 Å². The largest absolute Gasteiger partial charge is 0.493 e. The Kier molecular flexibility index (Phi) is 4.95. The fraction of sp³-hybridized carbons (Fsp3) is 0.375. The molecular formula is C24H24ClNO4. The van der Waals surface area contributed by atoms with E-state index in [1.165, 1.54) is 31.4 Å². The molecule has 0 saturated heterocycles. The molecule has 1 heterocycles. The molecule has 2 saturated carbocycles. The summed E-state index contributed by atoms with van der Waals surface area (Å²) in [5, 5.41) is 1.82. The van der Waals surface area contributed by atoms with Crippen LogP contribution in [-0.2, 0) is 9.63 Å². The van der Waals surface area contributed by atoms with Crippen LogP contribution in [0.15, 0.2) is 36.4 Å². The van der Waals surface area contributed by atoms with Gasteiger partial charge in [0.15, 0.2) is 11.5 Å². The number of hydrogen-bond acceptors (Lipinski definition) is 4. The number of nitrogens with zero attached hydrogens (tertiary/aromatic N) is 1. The minimum absolute atomic E-state index is 0.221. The molecule has 2 bridgehead atoms. The summed E-state index contributed by atoms with van der Waals surface area (Å²) < 4.78 is 11.9. The third-order valence-corrected chi connectivity index (χ3v) is 6.75. The second kappa shape index (κ2) is 7.64. The van der Waals surface area contributed by atoms with Gasteiger partial charge in [-0.15, -0.1) is 0 Å². The van der Waals surface area contributed by atoms with Crippen LogP contribution in [0.2, 0.25) is 5.02 Å². The first-order valence-corrected chi connectivity index (χ1v) is 10.7. The second-order valence-corrected chi connectivity index (χ2v) is 8.68. The highest BCUT2D eigenvalue weighted by Crippen LogP contribution is 2.47. The van der Waals surface area contributed by atoms with Gasteiger partial charge < -0.3 is 9.47 Å². The molecule has 1 amide bonds. The summed E-state index contributed by atoms with van der Waals surface area (Å²) in [5.41, 5.74) is 2.86. The van der Waals surface area contributed by atoms with Gasteiger partial charge >= 0.3 is 0 Å². The number of halogens is 1. The third kappa shape index (κ3) is 3.26. The van der Waals surface area contributed by atoms with Crippen molar-refractivity contribution in [3.8, 4) is 11.5 Å². The molecule has 3 aliphatic rings. The van der Waals surface area contributed by atoms with Crippen molar-refractivity contribution in [3.63, 3.8) is 0 Å². The minimum Gasteiger partial charge on any atom is -0.493 e. The topological polar surface area (TPSA) is 48.0 Å². The number of amides is 1. The first-order valence-electron chi connectivity index (χ1n) is 10.3. The Bertz CT molecular complexity index is 1030. The summed E-state index contributed by atoms with van der Waals surface area (Å²) in [7, 11) is 3.12. The maximum Gasteiger partial charge on any atom is 0.282 e. The fourth-order valence-corrected chi connectivity index (χ4v) is 5.26. The first kappa shape index (κ1) is 19.5. The molecule has 30 heavy (non-hydrogen) atoms. The van der Waals surface area contributed by atoms with Gasteiger partial charge in [-0.1, -0.05) is 23.7 Å². The Morgan fingerprint density at radius 3 is 2.63 bits per heavy atom. The zero-order valence-electron chi connectivity index (χ0n) is 17.1. The van der Waals surface area contributed by atoms with Crippen LogP contribution in [0, 0.1) is 11.8 Å². The molecular weight excluding hydrogens is 402 g/mol. The second-order valence-electron chi connectivity index (χ2n) is 8.24. The summed E-state index contributed by atoms with van der Waals surface area (Å²) in [6.07, 6.45) is 7.09. The van der Waals surface area contributed by atoms with E-state index >= 15 is 0 Å². The van der Waals surface area contributed by atoms with E-state index in [-0.39, 0.29) is 12.0 Å². The molecule has 6 heteroatoms. The van der Waals surface area contributed by atoms with E-state index in [0.717, 1.165) is 29.2 Å². The Balaban J connectivity index is 1.49. The van der Waals surface area contributed by atoms with Crippen molar-refractivity contribution in [2.45, 2.75) is 31.8 Å². The van der Waals surface area contributed by atoms with Crippen molar-refractivity contribution in [2.24, 2.45) is 11.8 Å². The fourth-order valence-electron chi connectivity index (χ4n) is 5.09. The van der Waals surface area contributed by atoms with Gasteiger partial charge in [-0.2, -0.15) is 5.06 Å². The highest BCUT2D eigenvalue weighted by atomic mass is 35.5. The molecule has 2 aromatic carbocycles. The van der Waals surface area contributed by atoms with Crippen LogP contribution in [0.4, 0.5) is 5.69 Å². The molecule has 1 aliphatic heterocycles. The van der Waals surface area contributed by atoms with Crippen LogP contribution in [0.3, 0.4) is 0 Å². The molecule has 0 N–H and O–H groups in total. The van der Waals surface area contributed by atoms with E-state index in [4.69, 9.17) is 25.9 Å². The van der Waals surface area contributed by atoms with Gasteiger partial charge in [-0.3, -0.25) is 9.63 Å². The van der Waals surface area contributed by atoms with Crippen molar-refractivity contribution in [3.05, 3.63) is 52.5 Å². The van der Waals surface area contributed by atoms with E-state index in [1.807, 2.05) is 30.3 Å². The number of benzene rings is 2. The molecule has 2 aromatic rings. The number of fused-ring (bicyclic) bond motifs is 3. The van der Waals surface area contributed by atoms with E-state index in [2.05, 4.69) is 0 Å². The maximum absolute atomic E-state index is 12.9. The number of ether oxygens (including phenoxy) is 2. The van der Waals surface area contributed by atoms with Gasteiger partial charge in [-0.25, -0.2) is 0 Å². The van der Waals surface area contributed by atoms with Gasteiger partial charge in [0, 0.05) is 10.6 Å². The Morgan fingerprint density at radius 2 is 1.93 bits per heavy atom. The van der Waals surface area contributed by atoms with Crippen molar-refractivity contribution < 1.29 is 19.1 Å². The predicted octanol–water partition coefficient (Wildman–Crippen LogP) is 5.36. The maximum atomic E-state index is 12.9. The lowest BCUT2D eigenvalue weighted by molar-refractivity contribution is -0.118. The number of carbonyl (C=O) groups is 1. The third-order valence-electron chi connectivity index (χ3n) is 6.52. The van der Waals surface area contributed by atoms with Crippen molar-refractivity contribution in [1.82, 2.24) is 0 Å². The lowest BCUT2D eigenvalue weighted by Gasteiger charge is -2.24. The molecule has 2 fully saturated rings. The SMILES string of the molecule is COc1ccc(/C=C2\C(=O)N(OC)c3cc(Cl)ccc32)cc1O[C@H]1C[C@@H]2CC[C@H]1C2. The normalized spacial score (nSPS) is 25.8. The number of hydrogen-bond donors (Lipinski definition) is 0. The van der Waals surface area contributed by atoms with Gasteiger partial charge in [0.2, 0.25) is 0 Å². The summed E-state index contributed by atoms with van der Waals surface area (Å²) in [6, 6.07) is 11.1. The Labute approximate surface area is 181 Å². The van der Waals surface area contributed by atoms with E-state index in [1.54, 1.807) is 19.2 Å². The summed E-state index contributed by atoms with van der Waals surface area (Å²) in [4.78, 5) is 18.2. The monoisotopic (exact) mass is 425 g/mol. The van der Waals surface area contributed by atoms with Gasteiger partial charge in [0.25, 0.3) is 5.91 Å². The van der Waals surface area contributed by atoms with E-state index in [9.17, 15) is 4.79 Å². The Hall–Kier alpha value is -2.50. The summed E-state index contributed by atoms with van der Waals surface area (Å²) in [5.74, 6) is 2.67. The first-order chi connectivity index (χ1) is 14.6. The average molecular weight is 426 g/mol. The number of methoxy groups -OCH3 is 1. The van der Waals surface area contributed by atoms with Gasteiger partial charge in [0.1, 0.15) is 6.10 Å². The van der Waals surface area contributed by atoms with Crippen LogP contribution in [0.1, 0.15) is 36.8 Å². The van der Waals surface area contributed by atoms with Crippen LogP contribution < -0.4 is 14.5 Å². The summed E-state index contributed by atoms with van der Waals surface area (Å²) >= 11 is 6.12. The van der Waals surface area contributed by atoms with Crippen molar-refractivity contribution in [1.29, 1.82) is 0 Å². The quantitative estimate of drug-likeness (QED) is 0.604. The summed E-state index contributed by atoms with van der Waals surface area (Å²) in [6.45, 7) is 0. The standard InChI is InChI=1S/C24H24ClNO4/c1-28-21-8-4-15(12-23(21)30-22-11-14-3-5-16(22)9-14)10-19-18-7-6-17(25)13-20(18)26(29-2)24(19)27/h4,6-8,10,12-14,16,22H,3,5,9,11H2,1-2H3/b19-10-/t14-,16+,22+/m1/s1. The lowest BCUT2D eigenvalue weighted by Crippen LogP contribution is -2.24. The minimum atomic E-state index is -0.221. The molecule has 5 rings (SSSR count).